The van der Waals surface area contributed by atoms with Gasteiger partial charge in [-0.15, -0.1) is 0 Å². The molecule has 0 saturated heterocycles. The summed E-state index contributed by atoms with van der Waals surface area (Å²) in [5.41, 5.74) is 3.46. The Morgan fingerprint density at radius 1 is 1.30 bits per heavy atom. The number of aromatic amines is 1. The van der Waals surface area contributed by atoms with E-state index in [1.165, 1.54) is 17.4 Å². The number of fused-ring (bicyclic) bond motifs is 1. The monoisotopic (exact) mass is 326 g/mol. The van der Waals surface area contributed by atoms with Crippen LogP contribution in [0.25, 0.3) is 16.5 Å². The summed E-state index contributed by atoms with van der Waals surface area (Å²) in [4.78, 5) is 17.3. The molecule has 0 aliphatic carbocycles. The molecule has 0 atom stereocenters. The number of halogens is 1. The molecule has 1 amide bonds. The van der Waals surface area contributed by atoms with Gasteiger partial charge in [0, 0.05) is 40.8 Å². The fourth-order valence-corrected chi connectivity index (χ4v) is 3.19. The van der Waals surface area contributed by atoms with Crippen LogP contribution in [0.3, 0.4) is 0 Å². The number of aromatic nitrogens is 1. The van der Waals surface area contributed by atoms with Crippen LogP contribution >= 0.6 is 11.6 Å². The van der Waals surface area contributed by atoms with Gasteiger partial charge in [0.15, 0.2) is 5.76 Å². The fraction of sp³-hybridized carbons (Fsp3) is 0.167. The number of carbonyl (C=O) groups is 1. The average Bonchev–Trinajstić information content (AvgIpc) is 3.23. The first-order valence-corrected chi connectivity index (χ1v) is 7.89. The highest BCUT2D eigenvalue weighted by molar-refractivity contribution is 6.31. The van der Waals surface area contributed by atoms with E-state index >= 15 is 0 Å². The Labute approximate surface area is 138 Å². The number of furan rings is 1. The molecule has 0 unspecified atom stereocenters. The summed E-state index contributed by atoms with van der Waals surface area (Å²) in [6.45, 7) is 1.28. The minimum Gasteiger partial charge on any atom is -0.459 e. The number of amides is 1. The molecule has 3 aromatic rings. The highest BCUT2D eigenvalue weighted by Crippen LogP contribution is 2.30. The normalized spacial score (nSPS) is 15.0. The van der Waals surface area contributed by atoms with Crippen LogP contribution in [-0.4, -0.2) is 28.9 Å². The summed E-state index contributed by atoms with van der Waals surface area (Å²) in [6.07, 6.45) is 6.47. The quantitative estimate of drug-likeness (QED) is 0.761. The van der Waals surface area contributed by atoms with E-state index in [9.17, 15) is 4.79 Å². The van der Waals surface area contributed by atoms with Crippen LogP contribution in [0.4, 0.5) is 0 Å². The molecule has 23 heavy (non-hydrogen) atoms. The summed E-state index contributed by atoms with van der Waals surface area (Å²) < 4.78 is 5.19. The Bertz CT molecular complexity index is 893. The van der Waals surface area contributed by atoms with E-state index in [-0.39, 0.29) is 5.91 Å². The van der Waals surface area contributed by atoms with Crippen molar-refractivity contribution in [1.82, 2.24) is 9.88 Å². The first-order valence-electron chi connectivity index (χ1n) is 7.51. The lowest BCUT2D eigenvalue weighted by Gasteiger charge is -2.25. The van der Waals surface area contributed by atoms with E-state index in [1.54, 1.807) is 17.0 Å². The number of benzene rings is 1. The van der Waals surface area contributed by atoms with Gasteiger partial charge in [0.2, 0.25) is 0 Å². The molecule has 0 spiro atoms. The number of carbonyl (C=O) groups excluding carboxylic acids is 1. The highest BCUT2D eigenvalue weighted by Gasteiger charge is 2.22. The van der Waals surface area contributed by atoms with E-state index in [0.29, 0.717) is 18.8 Å². The van der Waals surface area contributed by atoms with Crippen LogP contribution < -0.4 is 0 Å². The molecule has 5 heteroatoms. The lowest BCUT2D eigenvalue weighted by molar-refractivity contribution is 0.0741. The standard InChI is InChI=1S/C18H15ClN2O2/c19-13-3-4-14-15(11-20-16(14)10-13)12-5-7-21(8-6-12)18(22)17-2-1-9-23-17/h1-5,9-11,20H,6-8H2. The molecular formula is C18H15ClN2O2. The molecule has 0 fully saturated rings. The van der Waals surface area contributed by atoms with Crippen molar-refractivity contribution in [3.8, 4) is 0 Å². The Kier molecular flexibility index (Phi) is 3.46. The number of H-pyrrole nitrogens is 1. The third kappa shape index (κ3) is 2.55. The molecule has 4 rings (SSSR count). The molecule has 3 heterocycles. The first kappa shape index (κ1) is 14.2. The van der Waals surface area contributed by atoms with Gasteiger partial charge in [0.1, 0.15) is 0 Å². The van der Waals surface area contributed by atoms with Crippen molar-refractivity contribution in [2.75, 3.05) is 13.1 Å². The second kappa shape index (κ2) is 5.63. The highest BCUT2D eigenvalue weighted by atomic mass is 35.5. The van der Waals surface area contributed by atoms with E-state index < -0.39 is 0 Å². The second-order valence-corrected chi connectivity index (χ2v) is 6.04. The van der Waals surface area contributed by atoms with Crippen molar-refractivity contribution in [3.05, 3.63) is 65.2 Å². The van der Waals surface area contributed by atoms with Crippen LogP contribution in [-0.2, 0) is 0 Å². The van der Waals surface area contributed by atoms with Crippen LogP contribution in [0.5, 0.6) is 0 Å². The van der Waals surface area contributed by atoms with Gasteiger partial charge in [-0.2, -0.15) is 0 Å². The van der Waals surface area contributed by atoms with Crippen LogP contribution in [0.1, 0.15) is 22.5 Å². The van der Waals surface area contributed by atoms with Crippen LogP contribution in [0.15, 0.2) is 53.3 Å². The maximum atomic E-state index is 12.3. The van der Waals surface area contributed by atoms with Crippen molar-refractivity contribution >= 4 is 34.0 Å². The zero-order valence-electron chi connectivity index (χ0n) is 12.4. The summed E-state index contributed by atoms with van der Waals surface area (Å²) in [7, 11) is 0. The van der Waals surface area contributed by atoms with Gasteiger partial charge in [0.05, 0.1) is 6.26 Å². The van der Waals surface area contributed by atoms with Gasteiger partial charge in [-0.05, 0) is 36.3 Å². The van der Waals surface area contributed by atoms with E-state index in [0.717, 1.165) is 22.3 Å². The Hall–Kier alpha value is -2.46. The molecule has 0 bridgehead atoms. The molecule has 0 radical (unpaired) electrons. The van der Waals surface area contributed by atoms with E-state index in [2.05, 4.69) is 11.1 Å². The van der Waals surface area contributed by atoms with E-state index in [1.807, 2.05) is 24.4 Å². The molecule has 116 valence electrons. The van der Waals surface area contributed by atoms with Crippen molar-refractivity contribution in [2.45, 2.75) is 6.42 Å². The summed E-state index contributed by atoms with van der Waals surface area (Å²) in [5.74, 6) is 0.333. The molecule has 1 N–H and O–H groups in total. The molecule has 4 nitrogen and oxygen atoms in total. The predicted molar refractivity (Wildman–Crippen MR) is 90.5 cm³/mol. The number of hydrogen-bond donors (Lipinski definition) is 1. The molecule has 2 aromatic heterocycles. The minimum absolute atomic E-state index is 0.0593. The smallest absolute Gasteiger partial charge is 0.289 e. The number of nitrogens with zero attached hydrogens (tertiary/aromatic N) is 1. The largest absolute Gasteiger partial charge is 0.459 e. The Balaban J connectivity index is 1.58. The maximum absolute atomic E-state index is 12.3. The summed E-state index contributed by atoms with van der Waals surface area (Å²) in [6, 6.07) is 9.29. The van der Waals surface area contributed by atoms with Crippen LogP contribution in [0.2, 0.25) is 5.02 Å². The summed E-state index contributed by atoms with van der Waals surface area (Å²) in [5, 5.41) is 1.88. The van der Waals surface area contributed by atoms with Crippen molar-refractivity contribution in [2.24, 2.45) is 0 Å². The van der Waals surface area contributed by atoms with Crippen LogP contribution in [0, 0.1) is 0 Å². The van der Waals surface area contributed by atoms with Crippen molar-refractivity contribution < 1.29 is 9.21 Å². The van der Waals surface area contributed by atoms with Gasteiger partial charge < -0.3 is 14.3 Å². The molecule has 1 aliphatic rings. The topological polar surface area (TPSA) is 49.2 Å². The third-order valence-corrected chi connectivity index (χ3v) is 4.45. The summed E-state index contributed by atoms with van der Waals surface area (Å²) >= 11 is 6.03. The lowest BCUT2D eigenvalue weighted by atomic mass is 9.99. The number of hydrogen-bond acceptors (Lipinski definition) is 2. The molecule has 1 aliphatic heterocycles. The van der Waals surface area contributed by atoms with Gasteiger partial charge >= 0.3 is 0 Å². The van der Waals surface area contributed by atoms with Gasteiger partial charge in [-0.3, -0.25) is 4.79 Å². The maximum Gasteiger partial charge on any atom is 0.289 e. The number of nitrogens with one attached hydrogen (secondary N) is 1. The average molecular weight is 327 g/mol. The molecule has 1 aromatic carbocycles. The van der Waals surface area contributed by atoms with Crippen molar-refractivity contribution in [3.63, 3.8) is 0 Å². The predicted octanol–water partition coefficient (Wildman–Crippen LogP) is 4.34. The zero-order valence-corrected chi connectivity index (χ0v) is 13.1. The van der Waals surface area contributed by atoms with Gasteiger partial charge in [-0.25, -0.2) is 0 Å². The molecular weight excluding hydrogens is 312 g/mol. The lowest BCUT2D eigenvalue weighted by Crippen LogP contribution is -2.34. The Morgan fingerprint density at radius 3 is 2.96 bits per heavy atom. The fourth-order valence-electron chi connectivity index (χ4n) is 3.02. The first-order chi connectivity index (χ1) is 11.2. The van der Waals surface area contributed by atoms with Gasteiger partial charge in [-0.1, -0.05) is 23.7 Å². The van der Waals surface area contributed by atoms with Crippen molar-refractivity contribution in [1.29, 1.82) is 0 Å². The third-order valence-electron chi connectivity index (χ3n) is 4.22. The van der Waals surface area contributed by atoms with E-state index in [4.69, 9.17) is 16.0 Å². The molecule has 0 saturated carbocycles. The Morgan fingerprint density at radius 2 is 2.22 bits per heavy atom. The second-order valence-electron chi connectivity index (χ2n) is 5.60. The van der Waals surface area contributed by atoms with Gasteiger partial charge in [0.25, 0.3) is 5.91 Å². The number of rotatable bonds is 2. The zero-order chi connectivity index (χ0) is 15.8. The SMILES string of the molecule is O=C(c1ccco1)N1CC=C(c2c[nH]c3cc(Cl)ccc23)CC1. The minimum atomic E-state index is -0.0593.